The van der Waals surface area contributed by atoms with Gasteiger partial charge in [-0.15, -0.1) is 5.10 Å². The van der Waals surface area contributed by atoms with Crippen LogP contribution in [0.1, 0.15) is 38.7 Å². The number of benzene rings is 3. The molecule has 212 valence electrons. The van der Waals surface area contributed by atoms with E-state index >= 15 is 0 Å². The molecule has 0 fully saturated rings. The molecular weight excluding hydrogens is 546 g/mol. The maximum absolute atomic E-state index is 13.4. The minimum atomic E-state index is -0.213. The molecule has 3 heterocycles. The number of hydrogen-bond donors (Lipinski definition) is 0. The lowest BCUT2D eigenvalue weighted by Gasteiger charge is -2.05. The summed E-state index contributed by atoms with van der Waals surface area (Å²) in [6.07, 6.45) is 7.16. The maximum Gasteiger partial charge on any atom is 0.291 e. The van der Waals surface area contributed by atoms with Crippen molar-refractivity contribution in [3.05, 3.63) is 106 Å². The molecule has 0 aliphatic rings. The molecule has 0 unspecified atom stereocenters. The SMILES string of the molecule is CCCCCOc1ccc(-c2nc3s/c(=C\c4cn(-c5ccccc5)nc4-c4ccc(OCC)cc4)c(=O)n3n2)cc1. The number of thiazole rings is 1. The number of hydrogen-bond acceptors (Lipinski definition) is 7. The monoisotopic (exact) mass is 577 g/mol. The van der Waals surface area contributed by atoms with Crippen LogP contribution in [-0.4, -0.2) is 37.6 Å². The molecule has 0 aliphatic carbocycles. The first-order chi connectivity index (χ1) is 20.6. The largest absolute Gasteiger partial charge is 0.494 e. The molecule has 9 heteroatoms. The zero-order chi connectivity index (χ0) is 28.9. The Bertz CT molecular complexity index is 1890. The van der Waals surface area contributed by atoms with Crippen LogP contribution in [0.25, 0.3) is 39.4 Å². The molecule has 0 amide bonds. The summed E-state index contributed by atoms with van der Waals surface area (Å²) in [4.78, 5) is 18.6. The highest BCUT2D eigenvalue weighted by molar-refractivity contribution is 7.15. The zero-order valence-electron chi connectivity index (χ0n) is 23.6. The van der Waals surface area contributed by atoms with E-state index in [2.05, 4.69) is 17.0 Å². The van der Waals surface area contributed by atoms with Gasteiger partial charge in [-0.05, 0) is 80.1 Å². The second-order valence-corrected chi connectivity index (χ2v) is 10.8. The van der Waals surface area contributed by atoms with Crippen LogP contribution in [0.15, 0.2) is 89.9 Å². The van der Waals surface area contributed by atoms with E-state index in [1.807, 2.05) is 103 Å². The van der Waals surface area contributed by atoms with Gasteiger partial charge in [0.25, 0.3) is 5.56 Å². The van der Waals surface area contributed by atoms with Gasteiger partial charge in [0.05, 0.1) is 23.4 Å². The Morgan fingerprint density at radius 2 is 1.55 bits per heavy atom. The highest BCUT2D eigenvalue weighted by atomic mass is 32.1. The molecular formula is C33H31N5O3S. The maximum atomic E-state index is 13.4. The molecule has 0 radical (unpaired) electrons. The predicted molar refractivity (Wildman–Crippen MR) is 167 cm³/mol. The van der Waals surface area contributed by atoms with Crippen molar-refractivity contribution in [2.45, 2.75) is 33.1 Å². The molecule has 0 bridgehead atoms. The summed E-state index contributed by atoms with van der Waals surface area (Å²) < 4.78 is 15.2. The van der Waals surface area contributed by atoms with E-state index < -0.39 is 0 Å². The number of rotatable bonds is 11. The van der Waals surface area contributed by atoms with E-state index in [1.54, 1.807) is 0 Å². The van der Waals surface area contributed by atoms with Gasteiger partial charge >= 0.3 is 0 Å². The van der Waals surface area contributed by atoms with E-state index in [0.29, 0.717) is 28.5 Å². The highest BCUT2D eigenvalue weighted by Crippen LogP contribution is 2.27. The lowest BCUT2D eigenvalue weighted by atomic mass is 10.1. The van der Waals surface area contributed by atoms with Gasteiger partial charge < -0.3 is 9.47 Å². The third-order valence-electron chi connectivity index (χ3n) is 6.80. The van der Waals surface area contributed by atoms with Crippen molar-refractivity contribution < 1.29 is 9.47 Å². The van der Waals surface area contributed by atoms with Crippen molar-refractivity contribution in [2.75, 3.05) is 13.2 Å². The van der Waals surface area contributed by atoms with Crippen molar-refractivity contribution in [2.24, 2.45) is 0 Å². The normalized spacial score (nSPS) is 11.8. The van der Waals surface area contributed by atoms with Crippen LogP contribution in [0.3, 0.4) is 0 Å². The van der Waals surface area contributed by atoms with Gasteiger partial charge in [0.15, 0.2) is 5.82 Å². The third kappa shape index (κ3) is 5.82. The summed E-state index contributed by atoms with van der Waals surface area (Å²) in [5, 5.41) is 9.41. The lowest BCUT2D eigenvalue weighted by Crippen LogP contribution is -2.23. The number of fused-ring (bicyclic) bond motifs is 1. The lowest BCUT2D eigenvalue weighted by molar-refractivity contribution is 0.306. The first-order valence-corrected chi connectivity index (χ1v) is 15.0. The summed E-state index contributed by atoms with van der Waals surface area (Å²) in [7, 11) is 0. The number of ether oxygens (including phenoxy) is 2. The average molecular weight is 578 g/mol. The van der Waals surface area contributed by atoms with E-state index in [-0.39, 0.29) is 5.56 Å². The van der Waals surface area contributed by atoms with Crippen LogP contribution < -0.4 is 19.6 Å². The van der Waals surface area contributed by atoms with Crippen LogP contribution in [-0.2, 0) is 0 Å². The third-order valence-corrected chi connectivity index (χ3v) is 7.76. The smallest absolute Gasteiger partial charge is 0.291 e. The molecule has 42 heavy (non-hydrogen) atoms. The Morgan fingerprint density at radius 1 is 0.833 bits per heavy atom. The molecule has 3 aromatic heterocycles. The van der Waals surface area contributed by atoms with Crippen LogP contribution in [0.2, 0.25) is 0 Å². The molecule has 8 nitrogen and oxygen atoms in total. The Morgan fingerprint density at radius 3 is 2.24 bits per heavy atom. The summed E-state index contributed by atoms with van der Waals surface area (Å²) >= 11 is 1.31. The highest BCUT2D eigenvalue weighted by Gasteiger charge is 2.15. The van der Waals surface area contributed by atoms with E-state index in [0.717, 1.165) is 58.8 Å². The standard InChI is InChI=1S/C33H31N5O3S/c1-3-5-9-20-41-28-18-14-24(15-19-28)31-34-33-38(36-31)32(39)29(42-33)21-25-22-37(26-10-7-6-8-11-26)35-30(25)23-12-16-27(17-13-23)40-4-2/h6-8,10-19,21-22H,3-5,9,20H2,1-2H3/b29-21-. The quantitative estimate of drug-likeness (QED) is 0.171. The molecule has 0 saturated carbocycles. The number of para-hydroxylation sites is 1. The fraction of sp³-hybridized carbons (Fsp3) is 0.212. The van der Waals surface area contributed by atoms with Crippen LogP contribution in [0.5, 0.6) is 11.5 Å². The molecule has 0 saturated heterocycles. The second-order valence-electron chi connectivity index (χ2n) is 9.80. The molecule has 0 aliphatic heterocycles. The number of aromatic nitrogens is 5. The summed E-state index contributed by atoms with van der Waals surface area (Å²) in [5.41, 5.74) is 4.05. The van der Waals surface area contributed by atoms with Gasteiger partial charge in [-0.2, -0.15) is 14.6 Å². The molecule has 0 spiro atoms. The predicted octanol–water partition coefficient (Wildman–Crippen LogP) is 6.19. The van der Waals surface area contributed by atoms with Crippen molar-refractivity contribution in [3.63, 3.8) is 0 Å². The first kappa shape index (κ1) is 27.4. The van der Waals surface area contributed by atoms with Crippen molar-refractivity contribution >= 4 is 22.4 Å². The first-order valence-electron chi connectivity index (χ1n) is 14.2. The van der Waals surface area contributed by atoms with Gasteiger partial charge in [0.1, 0.15) is 17.2 Å². The van der Waals surface area contributed by atoms with Crippen molar-refractivity contribution in [1.29, 1.82) is 0 Å². The Hall–Kier alpha value is -4.76. The van der Waals surface area contributed by atoms with Gasteiger partial charge in [-0.1, -0.05) is 49.3 Å². The fourth-order valence-electron chi connectivity index (χ4n) is 4.65. The fourth-order valence-corrected chi connectivity index (χ4v) is 5.54. The molecule has 6 aromatic rings. The minimum absolute atomic E-state index is 0.213. The van der Waals surface area contributed by atoms with Crippen LogP contribution in [0.4, 0.5) is 0 Å². The Labute approximate surface area is 247 Å². The van der Waals surface area contributed by atoms with E-state index in [1.165, 1.54) is 15.9 Å². The summed E-state index contributed by atoms with van der Waals surface area (Å²) in [6.45, 7) is 5.43. The van der Waals surface area contributed by atoms with Crippen molar-refractivity contribution in [1.82, 2.24) is 24.4 Å². The molecule has 0 atom stereocenters. The molecule has 0 N–H and O–H groups in total. The number of unbranched alkanes of at least 4 members (excludes halogenated alkanes) is 2. The van der Waals surface area contributed by atoms with Gasteiger partial charge in [-0.25, -0.2) is 4.68 Å². The topological polar surface area (TPSA) is 83.5 Å². The van der Waals surface area contributed by atoms with E-state index in [9.17, 15) is 4.79 Å². The average Bonchev–Trinajstić information content (AvgIpc) is 3.72. The Balaban J connectivity index is 1.33. The van der Waals surface area contributed by atoms with Gasteiger partial charge in [0.2, 0.25) is 4.96 Å². The molecule has 6 rings (SSSR count). The summed E-state index contributed by atoms with van der Waals surface area (Å²) in [5.74, 6) is 2.12. The number of nitrogens with zero attached hydrogens (tertiary/aromatic N) is 5. The second kappa shape index (κ2) is 12.4. The Kier molecular flexibility index (Phi) is 8.09. The van der Waals surface area contributed by atoms with Gasteiger partial charge in [0, 0.05) is 22.9 Å². The van der Waals surface area contributed by atoms with E-state index in [4.69, 9.17) is 14.6 Å². The van der Waals surface area contributed by atoms with Crippen LogP contribution in [0, 0.1) is 0 Å². The summed E-state index contributed by atoms with van der Waals surface area (Å²) in [6, 6.07) is 25.4. The van der Waals surface area contributed by atoms with Crippen molar-refractivity contribution in [3.8, 4) is 39.8 Å². The zero-order valence-corrected chi connectivity index (χ0v) is 24.4. The molecule has 3 aromatic carbocycles. The minimum Gasteiger partial charge on any atom is -0.494 e. The van der Waals surface area contributed by atoms with Crippen LogP contribution >= 0.6 is 11.3 Å². The van der Waals surface area contributed by atoms with Gasteiger partial charge in [-0.3, -0.25) is 4.79 Å².